The van der Waals surface area contributed by atoms with Crippen molar-refractivity contribution in [3.05, 3.63) is 18.2 Å². The molecule has 5 nitrogen and oxygen atoms in total. The van der Waals surface area contributed by atoms with Gasteiger partial charge in [0.1, 0.15) is 5.78 Å². The van der Waals surface area contributed by atoms with Crippen LogP contribution in [0.25, 0.3) is 0 Å². The summed E-state index contributed by atoms with van der Waals surface area (Å²) in [6.07, 6.45) is -0.128. The molecule has 0 bridgehead atoms. The van der Waals surface area contributed by atoms with Gasteiger partial charge < -0.3 is 14.8 Å². The van der Waals surface area contributed by atoms with Gasteiger partial charge in [-0.1, -0.05) is 0 Å². The summed E-state index contributed by atoms with van der Waals surface area (Å²) in [4.78, 5) is 22.3. The van der Waals surface area contributed by atoms with E-state index in [2.05, 4.69) is 5.32 Å². The molecule has 0 saturated heterocycles. The maximum atomic E-state index is 11.5. The van der Waals surface area contributed by atoms with Gasteiger partial charge in [-0.25, -0.2) is 0 Å². The zero-order chi connectivity index (χ0) is 14.3. The predicted molar refractivity (Wildman–Crippen MR) is 72.7 cm³/mol. The summed E-state index contributed by atoms with van der Waals surface area (Å²) in [6, 6.07) is 5.13. The van der Waals surface area contributed by atoms with Crippen LogP contribution in [-0.4, -0.2) is 24.9 Å². The molecule has 1 amide bonds. The average Bonchev–Trinajstić information content (AvgIpc) is 2.32. The fourth-order valence-electron chi connectivity index (χ4n) is 1.56. The summed E-state index contributed by atoms with van der Waals surface area (Å²) in [6.45, 7) is 6.18. The highest BCUT2D eigenvalue weighted by molar-refractivity contribution is 6.03. The highest BCUT2D eigenvalue weighted by atomic mass is 16.5. The van der Waals surface area contributed by atoms with E-state index in [1.54, 1.807) is 18.2 Å². The molecule has 0 heterocycles. The first-order chi connectivity index (χ1) is 9.06. The van der Waals surface area contributed by atoms with Gasteiger partial charge >= 0.3 is 0 Å². The van der Waals surface area contributed by atoms with E-state index in [1.165, 1.54) is 6.92 Å². The Hall–Kier alpha value is -2.04. The number of carbonyl (C=O) groups is 2. The summed E-state index contributed by atoms with van der Waals surface area (Å²) in [5, 5.41) is 2.65. The smallest absolute Gasteiger partial charge is 0.231 e. The summed E-state index contributed by atoms with van der Waals surface area (Å²) >= 11 is 0. The molecular weight excluding hydrogens is 246 g/mol. The standard InChI is InChI=1S/C14H19NO4/c1-4-18-12-7-6-11(9-13(12)19-5-2)15-14(17)8-10(3)16/h6-7,9H,4-5,8H2,1-3H3,(H,15,17). The summed E-state index contributed by atoms with van der Waals surface area (Å²) in [5.41, 5.74) is 0.582. The Kier molecular flexibility index (Phi) is 5.85. The fraction of sp³-hybridized carbons (Fsp3) is 0.429. The number of rotatable bonds is 7. The first-order valence-electron chi connectivity index (χ1n) is 6.25. The Morgan fingerprint density at radius 3 is 2.32 bits per heavy atom. The van der Waals surface area contributed by atoms with Gasteiger partial charge in [0.15, 0.2) is 11.5 Å². The summed E-state index contributed by atoms with van der Waals surface area (Å²) < 4.78 is 10.9. The van der Waals surface area contributed by atoms with Gasteiger partial charge in [-0.15, -0.1) is 0 Å². The molecule has 0 atom stereocenters. The number of hydrogen-bond acceptors (Lipinski definition) is 4. The van der Waals surface area contributed by atoms with Crippen LogP contribution in [0.5, 0.6) is 11.5 Å². The number of carbonyl (C=O) groups excluding carboxylic acids is 2. The van der Waals surface area contributed by atoms with E-state index in [0.717, 1.165) is 0 Å². The Labute approximate surface area is 112 Å². The maximum Gasteiger partial charge on any atom is 0.231 e. The number of hydrogen-bond donors (Lipinski definition) is 1. The van der Waals surface area contributed by atoms with Gasteiger partial charge in [0.05, 0.1) is 19.6 Å². The van der Waals surface area contributed by atoms with Gasteiger partial charge in [-0.2, -0.15) is 0 Å². The largest absolute Gasteiger partial charge is 0.490 e. The van der Waals surface area contributed by atoms with E-state index in [0.29, 0.717) is 30.4 Å². The van der Waals surface area contributed by atoms with E-state index in [4.69, 9.17) is 9.47 Å². The molecule has 0 aliphatic heterocycles. The fourth-order valence-corrected chi connectivity index (χ4v) is 1.56. The molecule has 104 valence electrons. The molecule has 0 fully saturated rings. The molecule has 1 aromatic carbocycles. The van der Waals surface area contributed by atoms with Crippen LogP contribution in [-0.2, 0) is 9.59 Å². The third kappa shape index (κ3) is 4.99. The normalized spacial score (nSPS) is 9.84. The zero-order valence-electron chi connectivity index (χ0n) is 11.5. The van der Waals surface area contributed by atoms with Gasteiger partial charge in [0.2, 0.25) is 5.91 Å². The molecule has 0 radical (unpaired) electrons. The van der Waals surface area contributed by atoms with Gasteiger partial charge in [0, 0.05) is 11.8 Å². The molecule has 0 aliphatic carbocycles. The lowest BCUT2D eigenvalue weighted by atomic mass is 10.2. The lowest BCUT2D eigenvalue weighted by molar-refractivity contribution is -0.124. The van der Waals surface area contributed by atoms with Crippen LogP contribution in [0.3, 0.4) is 0 Å². The second-order valence-corrected chi connectivity index (χ2v) is 3.95. The van der Waals surface area contributed by atoms with Crippen molar-refractivity contribution >= 4 is 17.4 Å². The van der Waals surface area contributed by atoms with Crippen molar-refractivity contribution in [3.63, 3.8) is 0 Å². The van der Waals surface area contributed by atoms with E-state index >= 15 is 0 Å². The van der Waals surface area contributed by atoms with Crippen molar-refractivity contribution in [2.75, 3.05) is 18.5 Å². The van der Waals surface area contributed by atoms with Gasteiger partial charge in [0.25, 0.3) is 0 Å². The first kappa shape index (κ1) is 15.0. The van der Waals surface area contributed by atoms with Crippen LogP contribution < -0.4 is 14.8 Å². The van der Waals surface area contributed by atoms with E-state index in [1.807, 2.05) is 13.8 Å². The first-order valence-corrected chi connectivity index (χ1v) is 6.25. The third-order valence-electron chi connectivity index (χ3n) is 2.24. The number of ether oxygens (including phenoxy) is 2. The van der Waals surface area contributed by atoms with Crippen LogP contribution in [0.4, 0.5) is 5.69 Å². The van der Waals surface area contributed by atoms with Crippen LogP contribution in [0.1, 0.15) is 27.2 Å². The zero-order valence-corrected chi connectivity index (χ0v) is 11.5. The molecule has 1 N–H and O–H groups in total. The van der Waals surface area contributed by atoms with E-state index in [9.17, 15) is 9.59 Å². The number of Topliss-reactive ketones (excluding diaryl/α,β-unsaturated/α-hetero) is 1. The molecule has 0 unspecified atom stereocenters. The number of amides is 1. The summed E-state index contributed by atoms with van der Waals surface area (Å²) in [5.74, 6) is 0.700. The van der Waals surface area contributed by atoms with Crippen LogP contribution in [0, 0.1) is 0 Å². The summed E-state index contributed by atoms with van der Waals surface area (Å²) in [7, 11) is 0. The van der Waals surface area contributed by atoms with Crippen molar-refractivity contribution < 1.29 is 19.1 Å². The average molecular weight is 265 g/mol. The van der Waals surface area contributed by atoms with Crippen molar-refractivity contribution in [1.29, 1.82) is 0 Å². The molecular formula is C14H19NO4. The van der Waals surface area contributed by atoms with Crippen molar-refractivity contribution in [3.8, 4) is 11.5 Å². The second kappa shape index (κ2) is 7.41. The van der Waals surface area contributed by atoms with Crippen LogP contribution in [0.15, 0.2) is 18.2 Å². The minimum atomic E-state index is -0.334. The topological polar surface area (TPSA) is 64.6 Å². The second-order valence-electron chi connectivity index (χ2n) is 3.95. The minimum absolute atomic E-state index is 0.128. The quantitative estimate of drug-likeness (QED) is 0.769. The molecule has 0 saturated carbocycles. The predicted octanol–water partition coefficient (Wildman–Crippen LogP) is 2.40. The Morgan fingerprint density at radius 2 is 1.74 bits per heavy atom. The SMILES string of the molecule is CCOc1ccc(NC(=O)CC(C)=O)cc1OCC. The molecule has 19 heavy (non-hydrogen) atoms. The third-order valence-corrected chi connectivity index (χ3v) is 2.24. The number of anilines is 1. The monoisotopic (exact) mass is 265 g/mol. The number of nitrogens with one attached hydrogen (secondary N) is 1. The van der Waals surface area contributed by atoms with E-state index < -0.39 is 0 Å². The lowest BCUT2D eigenvalue weighted by Gasteiger charge is -2.12. The minimum Gasteiger partial charge on any atom is -0.490 e. The van der Waals surface area contributed by atoms with Crippen LogP contribution in [0.2, 0.25) is 0 Å². The van der Waals surface area contributed by atoms with E-state index in [-0.39, 0.29) is 18.1 Å². The lowest BCUT2D eigenvalue weighted by Crippen LogP contribution is -2.14. The Balaban J connectivity index is 2.82. The molecule has 0 aliphatic rings. The van der Waals surface area contributed by atoms with Crippen molar-refractivity contribution in [2.24, 2.45) is 0 Å². The highest BCUT2D eigenvalue weighted by Crippen LogP contribution is 2.30. The molecule has 1 rings (SSSR count). The molecule has 0 aromatic heterocycles. The highest BCUT2D eigenvalue weighted by Gasteiger charge is 2.09. The molecule has 5 heteroatoms. The van der Waals surface area contributed by atoms with Gasteiger partial charge in [-0.05, 0) is 32.9 Å². The number of ketones is 1. The van der Waals surface area contributed by atoms with Crippen LogP contribution >= 0.6 is 0 Å². The Bertz CT molecular complexity index is 457. The number of benzene rings is 1. The van der Waals surface area contributed by atoms with Crippen molar-refractivity contribution in [2.45, 2.75) is 27.2 Å². The molecule has 1 aromatic rings. The maximum absolute atomic E-state index is 11.5. The Morgan fingerprint density at radius 1 is 1.11 bits per heavy atom. The van der Waals surface area contributed by atoms with Crippen molar-refractivity contribution in [1.82, 2.24) is 0 Å². The van der Waals surface area contributed by atoms with Gasteiger partial charge in [-0.3, -0.25) is 9.59 Å². The molecule has 0 spiro atoms.